The molecule has 0 saturated heterocycles. The van der Waals surface area contributed by atoms with Crippen molar-refractivity contribution in [1.82, 2.24) is 0 Å². The minimum atomic E-state index is -0.367. The second-order valence-electron chi connectivity index (χ2n) is 5.37. The van der Waals surface area contributed by atoms with Gasteiger partial charge in [-0.25, -0.2) is 0 Å². The van der Waals surface area contributed by atoms with Crippen LogP contribution in [-0.2, 0) is 6.42 Å². The van der Waals surface area contributed by atoms with Crippen molar-refractivity contribution >= 4 is 17.3 Å². The zero-order valence-corrected chi connectivity index (χ0v) is 12.4. The van der Waals surface area contributed by atoms with E-state index in [2.05, 4.69) is 0 Å². The van der Waals surface area contributed by atoms with Crippen LogP contribution in [0.1, 0.15) is 37.7 Å². The van der Waals surface area contributed by atoms with Crippen molar-refractivity contribution in [2.75, 3.05) is 7.11 Å². The average molecular weight is 298 g/mol. The molecule has 0 radical (unpaired) electrons. The van der Waals surface area contributed by atoms with Gasteiger partial charge in [0.05, 0.1) is 12.0 Å². The Labute approximate surface area is 124 Å². The van der Waals surface area contributed by atoms with Gasteiger partial charge in [0.25, 0.3) is 5.69 Å². The monoisotopic (exact) mass is 297 g/mol. The molecular weight excluding hydrogens is 278 g/mol. The molecule has 2 unspecified atom stereocenters. The summed E-state index contributed by atoms with van der Waals surface area (Å²) in [6.45, 7) is 0. The maximum atomic E-state index is 10.9. The number of rotatable bonds is 4. The van der Waals surface area contributed by atoms with E-state index >= 15 is 0 Å². The molecule has 1 aromatic carbocycles. The van der Waals surface area contributed by atoms with Gasteiger partial charge in [0.1, 0.15) is 5.75 Å². The second-order valence-corrected chi connectivity index (χ2v) is 5.93. The summed E-state index contributed by atoms with van der Waals surface area (Å²) in [5.74, 6) is 1.08. The fraction of sp³-hybridized carbons (Fsp3) is 0.600. The molecule has 110 valence electrons. The molecule has 0 bridgehead atoms. The molecule has 1 aliphatic carbocycles. The van der Waals surface area contributed by atoms with Gasteiger partial charge >= 0.3 is 0 Å². The van der Waals surface area contributed by atoms with Gasteiger partial charge in [-0.3, -0.25) is 10.1 Å². The smallest absolute Gasteiger partial charge is 0.269 e. The Kier molecular flexibility index (Phi) is 5.24. The van der Waals surface area contributed by atoms with Crippen molar-refractivity contribution in [3.8, 4) is 5.75 Å². The molecule has 1 saturated carbocycles. The first-order valence-corrected chi connectivity index (χ1v) is 7.51. The highest BCUT2D eigenvalue weighted by molar-refractivity contribution is 6.20. The van der Waals surface area contributed by atoms with Crippen LogP contribution in [0.4, 0.5) is 5.69 Å². The van der Waals surface area contributed by atoms with Gasteiger partial charge in [-0.1, -0.05) is 19.3 Å². The van der Waals surface area contributed by atoms with Crippen LogP contribution >= 0.6 is 11.6 Å². The number of halogens is 1. The van der Waals surface area contributed by atoms with Crippen LogP contribution < -0.4 is 4.74 Å². The SMILES string of the molecule is COc1ccc([N+](=O)[O-])cc1CC1CCCCCC1Cl. The number of hydrogen-bond donors (Lipinski definition) is 0. The van der Waals surface area contributed by atoms with Gasteiger partial charge in [-0.05, 0) is 31.2 Å². The summed E-state index contributed by atoms with van der Waals surface area (Å²) in [5.41, 5.74) is 1.000. The lowest BCUT2D eigenvalue weighted by atomic mass is 9.91. The Morgan fingerprint density at radius 2 is 2.10 bits per heavy atom. The standard InChI is InChI=1S/C15H20ClNO3/c1-20-15-8-7-13(17(18)19)10-12(15)9-11-5-3-2-4-6-14(11)16/h7-8,10-11,14H,2-6,9H2,1H3. The summed E-state index contributed by atoms with van der Waals surface area (Å²) < 4.78 is 5.32. The Balaban J connectivity index is 2.21. The van der Waals surface area contributed by atoms with Gasteiger partial charge in [0.2, 0.25) is 0 Å². The van der Waals surface area contributed by atoms with Crippen molar-refractivity contribution in [2.45, 2.75) is 43.9 Å². The van der Waals surface area contributed by atoms with Crippen molar-refractivity contribution in [3.63, 3.8) is 0 Å². The zero-order valence-electron chi connectivity index (χ0n) is 11.7. The van der Waals surface area contributed by atoms with Crippen LogP contribution in [-0.4, -0.2) is 17.4 Å². The molecule has 2 rings (SSSR count). The van der Waals surface area contributed by atoms with Crippen molar-refractivity contribution in [1.29, 1.82) is 0 Å². The zero-order chi connectivity index (χ0) is 14.5. The lowest BCUT2D eigenvalue weighted by Gasteiger charge is -2.20. The first-order chi connectivity index (χ1) is 9.61. The molecule has 5 heteroatoms. The lowest BCUT2D eigenvalue weighted by molar-refractivity contribution is -0.384. The minimum absolute atomic E-state index is 0.112. The number of methoxy groups -OCH3 is 1. The number of nitrogens with zero attached hydrogens (tertiary/aromatic N) is 1. The molecule has 4 nitrogen and oxygen atoms in total. The Morgan fingerprint density at radius 3 is 2.80 bits per heavy atom. The topological polar surface area (TPSA) is 52.4 Å². The fourth-order valence-corrected chi connectivity index (χ4v) is 3.26. The van der Waals surface area contributed by atoms with Crippen LogP contribution in [0.3, 0.4) is 0 Å². The second kappa shape index (κ2) is 6.93. The van der Waals surface area contributed by atoms with E-state index in [0.717, 1.165) is 24.8 Å². The molecule has 0 amide bonds. The third-order valence-electron chi connectivity index (χ3n) is 4.02. The number of ether oxygens (including phenoxy) is 1. The summed E-state index contributed by atoms with van der Waals surface area (Å²) in [6.07, 6.45) is 6.45. The van der Waals surface area contributed by atoms with E-state index in [1.807, 2.05) is 0 Å². The van der Waals surface area contributed by atoms with E-state index in [4.69, 9.17) is 16.3 Å². The molecule has 0 N–H and O–H groups in total. The summed E-state index contributed by atoms with van der Waals surface area (Å²) in [6, 6.07) is 4.77. The van der Waals surface area contributed by atoms with Crippen molar-refractivity contribution < 1.29 is 9.66 Å². The van der Waals surface area contributed by atoms with Crippen LogP contribution in [0.25, 0.3) is 0 Å². The molecule has 0 aromatic heterocycles. The largest absolute Gasteiger partial charge is 0.496 e. The highest BCUT2D eigenvalue weighted by Crippen LogP contribution is 2.33. The number of nitro benzene ring substituents is 1. The fourth-order valence-electron chi connectivity index (χ4n) is 2.89. The van der Waals surface area contributed by atoms with Crippen LogP contribution in [0, 0.1) is 16.0 Å². The van der Waals surface area contributed by atoms with E-state index in [-0.39, 0.29) is 16.0 Å². The quantitative estimate of drug-likeness (QED) is 0.360. The Hall–Kier alpha value is -1.29. The number of non-ortho nitro benzene ring substituents is 1. The van der Waals surface area contributed by atoms with Crippen LogP contribution in [0.15, 0.2) is 18.2 Å². The molecular formula is C15H20ClNO3. The highest BCUT2D eigenvalue weighted by atomic mass is 35.5. The van der Waals surface area contributed by atoms with Crippen molar-refractivity contribution in [3.05, 3.63) is 33.9 Å². The maximum Gasteiger partial charge on any atom is 0.269 e. The number of nitro groups is 1. The summed E-state index contributed by atoms with van der Waals surface area (Å²) in [4.78, 5) is 10.5. The van der Waals surface area contributed by atoms with E-state index in [0.29, 0.717) is 11.7 Å². The molecule has 1 aliphatic rings. The average Bonchev–Trinajstić information content (AvgIpc) is 2.64. The number of hydrogen-bond acceptors (Lipinski definition) is 3. The third kappa shape index (κ3) is 3.63. The molecule has 1 aromatic rings. The third-order valence-corrected chi connectivity index (χ3v) is 4.60. The van der Waals surface area contributed by atoms with E-state index in [1.165, 1.54) is 25.3 Å². The number of benzene rings is 1. The van der Waals surface area contributed by atoms with Gasteiger partial charge < -0.3 is 4.74 Å². The lowest BCUT2D eigenvalue weighted by Crippen LogP contribution is -2.16. The van der Waals surface area contributed by atoms with E-state index in [9.17, 15) is 10.1 Å². The van der Waals surface area contributed by atoms with Gasteiger partial charge in [0, 0.05) is 23.1 Å². The van der Waals surface area contributed by atoms with E-state index in [1.54, 1.807) is 19.2 Å². The van der Waals surface area contributed by atoms with E-state index < -0.39 is 0 Å². The summed E-state index contributed by atoms with van der Waals surface area (Å²) >= 11 is 6.46. The van der Waals surface area contributed by atoms with Gasteiger partial charge in [0.15, 0.2) is 0 Å². The highest BCUT2D eigenvalue weighted by Gasteiger charge is 2.24. The molecule has 0 aliphatic heterocycles. The molecule has 0 spiro atoms. The first kappa shape index (κ1) is 15.1. The molecule has 1 fully saturated rings. The Bertz CT molecular complexity index is 478. The predicted octanol–water partition coefficient (Wildman–Crippen LogP) is 4.33. The van der Waals surface area contributed by atoms with Gasteiger partial charge in [-0.2, -0.15) is 0 Å². The van der Waals surface area contributed by atoms with Crippen molar-refractivity contribution in [2.24, 2.45) is 5.92 Å². The summed E-state index contributed by atoms with van der Waals surface area (Å²) in [5, 5.41) is 11.1. The Morgan fingerprint density at radius 1 is 1.35 bits per heavy atom. The first-order valence-electron chi connectivity index (χ1n) is 7.07. The maximum absolute atomic E-state index is 10.9. The number of alkyl halides is 1. The minimum Gasteiger partial charge on any atom is -0.496 e. The van der Waals surface area contributed by atoms with Crippen LogP contribution in [0.5, 0.6) is 5.75 Å². The summed E-state index contributed by atoms with van der Waals surface area (Å²) in [7, 11) is 1.59. The molecule has 2 atom stereocenters. The predicted molar refractivity (Wildman–Crippen MR) is 79.6 cm³/mol. The van der Waals surface area contributed by atoms with Crippen LogP contribution in [0.2, 0.25) is 0 Å². The molecule has 20 heavy (non-hydrogen) atoms. The van der Waals surface area contributed by atoms with Gasteiger partial charge in [-0.15, -0.1) is 11.6 Å². The normalized spacial score (nSPS) is 23.1. The molecule has 0 heterocycles.